The van der Waals surface area contributed by atoms with Gasteiger partial charge in [0.05, 0.1) is 12.3 Å². The Morgan fingerprint density at radius 3 is 2.91 bits per heavy atom. The van der Waals surface area contributed by atoms with Crippen molar-refractivity contribution in [2.24, 2.45) is 0 Å². The maximum Gasteiger partial charge on any atom is 0.305 e. The summed E-state index contributed by atoms with van der Waals surface area (Å²) < 4.78 is 13.3. The molecule has 0 spiro atoms. The Morgan fingerprint density at radius 1 is 1.39 bits per heavy atom. The lowest BCUT2D eigenvalue weighted by Gasteiger charge is -2.31. The standard InChI is InChI=1S/C16H17FN2O4/c17-9-3-4-11-12(8-14(20)18-13(11)6-9)16(23)19-5-1-2-10(19)7-15(21)22/h3-4,6,10,12H,1-2,5,7-8H2,(H,18,20)(H,21,22). The van der Waals surface area contributed by atoms with Crippen molar-refractivity contribution in [2.45, 2.75) is 37.6 Å². The van der Waals surface area contributed by atoms with Gasteiger partial charge in [-0.1, -0.05) is 6.07 Å². The second kappa shape index (κ2) is 5.98. The number of halogens is 1. The number of carboxylic acids is 1. The zero-order valence-electron chi connectivity index (χ0n) is 12.4. The van der Waals surface area contributed by atoms with Crippen LogP contribution in [0.3, 0.4) is 0 Å². The van der Waals surface area contributed by atoms with Gasteiger partial charge >= 0.3 is 5.97 Å². The lowest BCUT2D eigenvalue weighted by molar-refractivity contribution is -0.141. The highest BCUT2D eigenvalue weighted by Gasteiger charge is 2.38. The molecule has 2 atom stereocenters. The van der Waals surface area contributed by atoms with Crippen LogP contribution in [0.4, 0.5) is 10.1 Å². The van der Waals surface area contributed by atoms with Crippen molar-refractivity contribution in [1.82, 2.24) is 4.90 Å². The van der Waals surface area contributed by atoms with Gasteiger partial charge in [-0.05, 0) is 30.5 Å². The molecule has 2 N–H and O–H groups in total. The molecule has 23 heavy (non-hydrogen) atoms. The number of hydrogen-bond acceptors (Lipinski definition) is 3. The minimum atomic E-state index is -0.946. The van der Waals surface area contributed by atoms with E-state index in [4.69, 9.17) is 5.11 Å². The van der Waals surface area contributed by atoms with E-state index < -0.39 is 17.7 Å². The summed E-state index contributed by atoms with van der Waals surface area (Å²) in [6.07, 6.45) is 1.29. The molecule has 1 saturated heterocycles. The zero-order chi connectivity index (χ0) is 16.6. The van der Waals surface area contributed by atoms with Crippen LogP contribution in [0.2, 0.25) is 0 Å². The van der Waals surface area contributed by atoms with Crippen LogP contribution in [0, 0.1) is 5.82 Å². The molecule has 2 heterocycles. The molecule has 2 aliphatic rings. The Morgan fingerprint density at radius 2 is 2.17 bits per heavy atom. The van der Waals surface area contributed by atoms with E-state index in [1.807, 2.05) is 0 Å². The average molecular weight is 320 g/mol. The summed E-state index contributed by atoms with van der Waals surface area (Å²) >= 11 is 0. The Bertz CT molecular complexity index is 676. The first-order valence-corrected chi connectivity index (χ1v) is 7.57. The van der Waals surface area contributed by atoms with Crippen LogP contribution in [0.25, 0.3) is 0 Å². The molecule has 1 aromatic carbocycles. The molecule has 1 aromatic rings. The van der Waals surface area contributed by atoms with Crippen LogP contribution in [-0.4, -0.2) is 40.4 Å². The van der Waals surface area contributed by atoms with Gasteiger partial charge in [-0.25, -0.2) is 4.39 Å². The van der Waals surface area contributed by atoms with Crippen molar-refractivity contribution in [3.05, 3.63) is 29.6 Å². The Balaban J connectivity index is 1.88. The van der Waals surface area contributed by atoms with Crippen molar-refractivity contribution in [3.63, 3.8) is 0 Å². The van der Waals surface area contributed by atoms with Crippen LogP contribution in [-0.2, 0) is 14.4 Å². The molecule has 0 aliphatic carbocycles. The van der Waals surface area contributed by atoms with Gasteiger partial charge in [0, 0.05) is 24.7 Å². The van der Waals surface area contributed by atoms with Crippen LogP contribution in [0.1, 0.15) is 37.2 Å². The maximum absolute atomic E-state index is 13.3. The van der Waals surface area contributed by atoms with Crippen molar-refractivity contribution in [3.8, 4) is 0 Å². The molecule has 2 unspecified atom stereocenters. The summed E-state index contributed by atoms with van der Waals surface area (Å²) in [4.78, 5) is 37.2. The number of amides is 2. The van der Waals surface area contributed by atoms with Gasteiger partial charge in [0.25, 0.3) is 0 Å². The summed E-state index contributed by atoms with van der Waals surface area (Å²) in [7, 11) is 0. The molecule has 0 aromatic heterocycles. The minimum Gasteiger partial charge on any atom is -0.481 e. The monoisotopic (exact) mass is 320 g/mol. The predicted molar refractivity (Wildman–Crippen MR) is 79.4 cm³/mol. The third-order valence-electron chi connectivity index (χ3n) is 4.42. The molecule has 0 radical (unpaired) electrons. The molecule has 7 heteroatoms. The van der Waals surface area contributed by atoms with Gasteiger partial charge in [-0.15, -0.1) is 0 Å². The van der Waals surface area contributed by atoms with E-state index >= 15 is 0 Å². The highest BCUT2D eigenvalue weighted by atomic mass is 19.1. The third-order valence-corrected chi connectivity index (χ3v) is 4.42. The molecular formula is C16H17FN2O4. The summed E-state index contributed by atoms with van der Waals surface area (Å²) in [5.41, 5.74) is 0.894. The second-order valence-electron chi connectivity index (χ2n) is 5.96. The smallest absolute Gasteiger partial charge is 0.305 e. The van der Waals surface area contributed by atoms with E-state index in [-0.39, 0.29) is 30.7 Å². The topological polar surface area (TPSA) is 86.7 Å². The van der Waals surface area contributed by atoms with Gasteiger partial charge in [0.2, 0.25) is 11.8 Å². The van der Waals surface area contributed by atoms with E-state index in [1.54, 1.807) is 4.90 Å². The zero-order valence-corrected chi connectivity index (χ0v) is 12.4. The fraction of sp³-hybridized carbons (Fsp3) is 0.438. The summed E-state index contributed by atoms with van der Waals surface area (Å²) in [6.45, 7) is 0.491. The Labute approximate surface area is 132 Å². The fourth-order valence-corrected chi connectivity index (χ4v) is 3.40. The lowest BCUT2D eigenvalue weighted by atomic mass is 9.89. The maximum atomic E-state index is 13.3. The van der Waals surface area contributed by atoms with E-state index in [0.29, 0.717) is 24.2 Å². The predicted octanol–water partition coefficient (Wildman–Crippen LogP) is 1.72. The number of carboxylic acid groups (broad SMARTS) is 1. The minimum absolute atomic E-state index is 0.00619. The number of fused-ring (bicyclic) bond motifs is 1. The number of benzene rings is 1. The first-order chi connectivity index (χ1) is 11.0. The SMILES string of the molecule is O=C(O)CC1CCCN1C(=O)C1CC(=O)Nc2cc(F)ccc21. The highest BCUT2D eigenvalue weighted by molar-refractivity contribution is 6.01. The van der Waals surface area contributed by atoms with Crippen molar-refractivity contribution >= 4 is 23.5 Å². The molecule has 2 aliphatic heterocycles. The molecule has 6 nitrogen and oxygen atoms in total. The van der Waals surface area contributed by atoms with E-state index in [9.17, 15) is 18.8 Å². The number of aliphatic carboxylic acids is 1. The summed E-state index contributed by atoms with van der Waals surface area (Å²) in [5, 5.41) is 11.5. The van der Waals surface area contributed by atoms with Gasteiger partial charge < -0.3 is 15.3 Å². The second-order valence-corrected chi connectivity index (χ2v) is 5.96. The molecule has 0 bridgehead atoms. The van der Waals surface area contributed by atoms with Crippen molar-refractivity contribution in [1.29, 1.82) is 0 Å². The van der Waals surface area contributed by atoms with E-state index in [0.717, 1.165) is 6.42 Å². The Hall–Kier alpha value is -2.44. The molecule has 0 saturated carbocycles. The first-order valence-electron chi connectivity index (χ1n) is 7.57. The fourth-order valence-electron chi connectivity index (χ4n) is 3.40. The third kappa shape index (κ3) is 3.04. The Kier molecular flexibility index (Phi) is 4.02. The highest BCUT2D eigenvalue weighted by Crippen LogP contribution is 2.36. The largest absolute Gasteiger partial charge is 0.481 e. The average Bonchev–Trinajstić information content (AvgIpc) is 2.92. The van der Waals surface area contributed by atoms with Crippen LogP contribution < -0.4 is 5.32 Å². The molecule has 122 valence electrons. The lowest BCUT2D eigenvalue weighted by Crippen LogP contribution is -2.42. The molecule has 2 amide bonds. The summed E-state index contributed by atoms with van der Waals surface area (Å²) in [5.74, 6) is -2.71. The number of rotatable bonds is 3. The number of carbonyl (C=O) groups is 3. The number of carbonyl (C=O) groups excluding carboxylic acids is 2. The molecule has 1 fully saturated rings. The first kappa shape index (κ1) is 15.5. The van der Waals surface area contributed by atoms with Crippen molar-refractivity contribution in [2.75, 3.05) is 11.9 Å². The van der Waals surface area contributed by atoms with Crippen LogP contribution in [0.15, 0.2) is 18.2 Å². The normalized spacial score (nSPS) is 23.3. The van der Waals surface area contributed by atoms with E-state index in [2.05, 4.69) is 5.32 Å². The van der Waals surface area contributed by atoms with Crippen LogP contribution >= 0.6 is 0 Å². The number of nitrogens with one attached hydrogen (secondary N) is 1. The van der Waals surface area contributed by atoms with Gasteiger partial charge in [0.1, 0.15) is 5.82 Å². The van der Waals surface area contributed by atoms with Gasteiger partial charge in [-0.2, -0.15) is 0 Å². The van der Waals surface area contributed by atoms with E-state index in [1.165, 1.54) is 18.2 Å². The van der Waals surface area contributed by atoms with Gasteiger partial charge in [0.15, 0.2) is 0 Å². The number of hydrogen-bond donors (Lipinski definition) is 2. The molecular weight excluding hydrogens is 303 g/mol. The van der Waals surface area contributed by atoms with Crippen LogP contribution in [0.5, 0.6) is 0 Å². The number of likely N-dealkylation sites (tertiary alicyclic amines) is 1. The van der Waals surface area contributed by atoms with Gasteiger partial charge in [-0.3, -0.25) is 14.4 Å². The number of nitrogens with zero attached hydrogens (tertiary/aromatic N) is 1. The molecule has 3 rings (SSSR count). The number of anilines is 1. The quantitative estimate of drug-likeness (QED) is 0.888. The van der Waals surface area contributed by atoms with Crippen molar-refractivity contribution < 1.29 is 23.9 Å². The summed E-state index contributed by atoms with van der Waals surface area (Å²) in [6, 6.07) is 3.63.